The van der Waals surface area contributed by atoms with Crippen LogP contribution in [0.25, 0.3) is 0 Å². The Bertz CT molecular complexity index is 843. The molecule has 1 fully saturated rings. The molecule has 4 N–H and O–H groups in total. The Morgan fingerprint density at radius 2 is 0.860 bits per heavy atom. The molecule has 0 aromatic heterocycles. The Morgan fingerprint density at radius 1 is 0.491 bits per heavy atom. The molecule has 340 valence electrons. The van der Waals surface area contributed by atoms with E-state index >= 15 is 0 Å². The van der Waals surface area contributed by atoms with E-state index in [1.165, 1.54) is 186 Å². The fourth-order valence-electron chi connectivity index (χ4n) is 7.91. The van der Waals surface area contributed by atoms with Crippen LogP contribution in [0.3, 0.4) is 0 Å². The van der Waals surface area contributed by atoms with Crippen LogP contribution >= 0.6 is 0 Å². The summed E-state index contributed by atoms with van der Waals surface area (Å²) in [6.45, 7) is 4.62. The summed E-state index contributed by atoms with van der Waals surface area (Å²) in [7, 11) is 0. The molecule has 1 heterocycles. The fourth-order valence-corrected chi connectivity index (χ4v) is 7.91. The van der Waals surface area contributed by atoms with Crippen molar-refractivity contribution in [3.05, 3.63) is 0 Å². The van der Waals surface area contributed by atoms with Gasteiger partial charge in [-0.05, 0) is 12.8 Å². The van der Waals surface area contributed by atoms with E-state index in [1.54, 1.807) is 0 Å². The van der Waals surface area contributed by atoms with Crippen molar-refractivity contribution in [1.82, 2.24) is 0 Å². The summed E-state index contributed by atoms with van der Waals surface area (Å²) in [6.07, 6.45) is 37.0. The maximum absolute atomic E-state index is 12.8. The van der Waals surface area contributed by atoms with Crippen molar-refractivity contribution in [2.24, 2.45) is 0 Å². The average Bonchev–Trinajstić information content (AvgIpc) is 3.21. The second kappa shape index (κ2) is 40.6. The van der Waals surface area contributed by atoms with Crippen LogP contribution < -0.4 is 0 Å². The first-order valence-electron chi connectivity index (χ1n) is 24.6. The molecule has 0 saturated carbocycles. The van der Waals surface area contributed by atoms with Gasteiger partial charge in [-0.25, -0.2) is 0 Å². The van der Waals surface area contributed by atoms with Gasteiger partial charge in [-0.15, -0.1) is 0 Å². The van der Waals surface area contributed by atoms with E-state index in [2.05, 4.69) is 13.8 Å². The third kappa shape index (κ3) is 31.7. The Hall–Kier alpha value is -0.810. The highest BCUT2D eigenvalue weighted by Gasteiger charge is 2.44. The van der Waals surface area contributed by atoms with Gasteiger partial charge in [-0.3, -0.25) is 4.79 Å². The molecule has 0 radical (unpaired) electrons. The minimum absolute atomic E-state index is 0.105. The summed E-state index contributed by atoms with van der Waals surface area (Å²) < 4.78 is 22.9. The van der Waals surface area contributed by atoms with Gasteiger partial charge in [-0.1, -0.05) is 219 Å². The second-order valence-corrected chi connectivity index (χ2v) is 17.3. The van der Waals surface area contributed by atoms with Gasteiger partial charge >= 0.3 is 5.97 Å². The predicted molar refractivity (Wildman–Crippen MR) is 233 cm³/mol. The third-order valence-corrected chi connectivity index (χ3v) is 11.8. The van der Waals surface area contributed by atoms with Gasteiger partial charge in [0.25, 0.3) is 0 Å². The van der Waals surface area contributed by atoms with Gasteiger partial charge in [0.05, 0.1) is 19.8 Å². The number of carbonyl (C=O) groups excluding carboxylic acids is 1. The average molecular weight is 815 g/mol. The van der Waals surface area contributed by atoms with E-state index in [9.17, 15) is 25.2 Å². The van der Waals surface area contributed by atoms with Gasteiger partial charge in [0.1, 0.15) is 30.5 Å². The Kier molecular flexibility index (Phi) is 38.6. The van der Waals surface area contributed by atoms with Gasteiger partial charge < -0.3 is 39.4 Å². The van der Waals surface area contributed by atoms with Crippen LogP contribution in [0, 0.1) is 0 Å². The number of aliphatic hydroxyl groups is 4. The summed E-state index contributed by atoms with van der Waals surface area (Å²) in [5, 5.41) is 40.2. The molecule has 0 aromatic carbocycles. The van der Waals surface area contributed by atoms with Crippen LogP contribution in [-0.2, 0) is 23.7 Å². The predicted octanol–water partition coefficient (Wildman–Crippen LogP) is 11.4. The highest BCUT2D eigenvalue weighted by Crippen LogP contribution is 2.23. The van der Waals surface area contributed by atoms with Gasteiger partial charge in [-0.2, -0.15) is 0 Å². The molecule has 1 rings (SSSR count). The molecule has 0 spiro atoms. The standard InChI is InChI=1S/C48H94O9/c1-3-5-7-9-11-13-15-17-19-21-22-23-25-27-29-31-33-35-37-44(50)56-42(41-55-48-47(53)46(52)45(51)43(39-49)57-48)40-54-38-36-34-32-30-28-26-24-20-18-16-14-12-10-8-6-4-2/h42-43,45-49,51-53H,3-41H2,1-2H3. The van der Waals surface area contributed by atoms with Crippen LogP contribution in [0.1, 0.15) is 239 Å². The molecule has 9 nitrogen and oxygen atoms in total. The maximum Gasteiger partial charge on any atom is 0.306 e. The van der Waals surface area contributed by atoms with Crippen LogP contribution in [0.4, 0.5) is 0 Å². The lowest BCUT2D eigenvalue weighted by Crippen LogP contribution is -2.59. The minimum Gasteiger partial charge on any atom is -0.457 e. The van der Waals surface area contributed by atoms with E-state index in [4.69, 9.17) is 18.9 Å². The fraction of sp³-hybridized carbons (Fsp3) is 0.979. The van der Waals surface area contributed by atoms with Crippen LogP contribution in [0.2, 0.25) is 0 Å². The lowest BCUT2D eigenvalue weighted by Gasteiger charge is -2.39. The third-order valence-electron chi connectivity index (χ3n) is 11.8. The van der Waals surface area contributed by atoms with E-state index in [0.29, 0.717) is 13.0 Å². The number of unbranched alkanes of at least 4 members (excludes halogenated alkanes) is 32. The molecule has 0 aromatic rings. The molecule has 0 aliphatic carbocycles. The van der Waals surface area contributed by atoms with Crippen LogP contribution in [-0.4, -0.2) is 89.6 Å². The lowest BCUT2D eigenvalue weighted by atomic mass is 9.99. The largest absolute Gasteiger partial charge is 0.457 e. The molecular weight excluding hydrogens is 721 g/mol. The van der Waals surface area contributed by atoms with E-state index in [-0.39, 0.29) is 19.2 Å². The van der Waals surface area contributed by atoms with Crippen molar-refractivity contribution in [2.75, 3.05) is 26.4 Å². The molecule has 1 aliphatic heterocycles. The number of hydrogen-bond acceptors (Lipinski definition) is 9. The van der Waals surface area contributed by atoms with Crippen LogP contribution in [0.15, 0.2) is 0 Å². The van der Waals surface area contributed by atoms with Crippen molar-refractivity contribution in [3.63, 3.8) is 0 Å². The summed E-state index contributed by atoms with van der Waals surface area (Å²) in [4.78, 5) is 12.8. The van der Waals surface area contributed by atoms with E-state index in [1.807, 2.05) is 0 Å². The highest BCUT2D eigenvalue weighted by molar-refractivity contribution is 5.69. The number of ether oxygens (including phenoxy) is 4. The van der Waals surface area contributed by atoms with Crippen molar-refractivity contribution in [3.8, 4) is 0 Å². The quantitative estimate of drug-likeness (QED) is 0.0350. The number of rotatable bonds is 43. The molecule has 57 heavy (non-hydrogen) atoms. The number of hydrogen-bond donors (Lipinski definition) is 4. The Balaban J connectivity index is 2.20. The molecule has 6 unspecified atom stereocenters. The molecule has 9 heteroatoms. The molecular formula is C48H94O9. The molecule has 0 amide bonds. The van der Waals surface area contributed by atoms with Gasteiger partial charge in [0, 0.05) is 13.0 Å². The Morgan fingerprint density at radius 3 is 1.25 bits per heavy atom. The van der Waals surface area contributed by atoms with E-state index in [0.717, 1.165) is 32.1 Å². The first-order chi connectivity index (χ1) is 27.9. The molecule has 1 aliphatic rings. The highest BCUT2D eigenvalue weighted by atomic mass is 16.7. The minimum atomic E-state index is -1.53. The summed E-state index contributed by atoms with van der Waals surface area (Å²) in [5.74, 6) is -0.306. The SMILES string of the molecule is CCCCCCCCCCCCCCCCCCCCC(=O)OC(COCCCCCCCCCCCCCCCCCC)COC1OC(CO)C(O)C(O)C1O. The maximum atomic E-state index is 12.8. The zero-order valence-corrected chi connectivity index (χ0v) is 37.4. The zero-order valence-electron chi connectivity index (χ0n) is 37.4. The van der Waals surface area contributed by atoms with Crippen molar-refractivity contribution < 1.29 is 44.2 Å². The van der Waals surface area contributed by atoms with Crippen molar-refractivity contribution in [2.45, 2.75) is 275 Å². The lowest BCUT2D eigenvalue weighted by molar-refractivity contribution is -0.305. The normalized spacial score (nSPS) is 20.3. The summed E-state index contributed by atoms with van der Waals surface area (Å²) in [6, 6.07) is 0. The van der Waals surface area contributed by atoms with Crippen molar-refractivity contribution in [1.29, 1.82) is 0 Å². The topological polar surface area (TPSA) is 135 Å². The molecule has 0 bridgehead atoms. The van der Waals surface area contributed by atoms with Gasteiger partial charge in [0.15, 0.2) is 6.29 Å². The number of aliphatic hydroxyl groups excluding tert-OH is 4. The van der Waals surface area contributed by atoms with Crippen molar-refractivity contribution >= 4 is 5.97 Å². The summed E-state index contributed by atoms with van der Waals surface area (Å²) >= 11 is 0. The first-order valence-corrected chi connectivity index (χ1v) is 24.6. The number of esters is 1. The molecule has 6 atom stereocenters. The monoisotopic (exact) mass is 815 g/mol. The van der Waals surface area contributed by atoms with Gasteiger partial charge in [0.2, 0.25) is 0 Å². The van der Waals surface area contributed by atoms with E-state index < -0.39 is 43.4 Å². The summed E-state index contributed by atoms with van der Waals surface area (Å²) in [5.41, 5.74) is 0. The Labute approximate surface area is 351 Å². The molecule has 1 saturated heterocycles. The zero-order chi connectivity index (χ0) is 41.4. The van der Waals surface area contributed by atoms with Crippen LogP contribution in [0.5, 0.6) is 0 Å². The first kappa shape index (κ1) is 54.2. The second-order valence-electron chi connectivity index (χ2n) is 17.3. The smallest absolute Gasteiger partial charge is 0.306 e. The number of carbonyl (C=O) groups is 1.